The Labute approximate surface area is 173 Å². The van der Waals surface area contributed by atoms with Crippen molar-refractivity contribution in [2.75, 3.05) is 6.54 Å². The monoisotopic (exact) mass is 551 g/mol. The van der Waals surface area contributed by atoms with E-state index in [2.05, 4.69) is 4.98 Å². The molecule has 200 valence electrons. The summed E-state index contributed by atoms with van der Waals surface area (Å²) >= 11 is 0. The van der Waals surface area contributed by atoms with E-state index in [1.54, 1.807) is 0 Å². The van der Waals surface area contributed by atoms with Crippen LogP contribution in [0.25, 0.3) is 0 Å². The molecule has 21 heteroatoms. The second-order valence-corrected chi connectivity index (χ2v) is 9.65. The minimum atomic E-state index is -8.63. The minimum absolute atomic E-state index is 0.204. The van der Waals surface area contributed by atoms with Gasteiger partial charge in [-0.15, -0.1) is 0 Å². The first kappa shape index (κ1) is 31.9. The molecular weight excluding hydrogens is 537 g/mol. The van der Waals surface area contributed by atoms with Crippen LogP contribution < -0.4 is 15.8 Å². The largest absolute Gasteiger partial charge is 0.460 e. The molecule has 0 atom stereocenters. The van der Waals surface area contributed by atoms with Gasteiger partial charge in [-0.05, 0) is 12.6 Å². The van der Waals surface area contributed by atoms with Crippen LogP contribution in [0, 0.1) is 0 Å². The van der Waals surface area contributed by atoms with Crippen molar-refractivity contribution in [3.05, 3.63) is 0 Å². The first-order valence-electron chi connectivity index (χ1n) is 8.06. The average molecular weight is 551 g/mol. The van der Waals surface area contributed by atoms with Gasteiger partial charge in [0, 0.05) is 6.42 Å². The highest BCUT2D eigenvalue weighted by Gasteiger charge is 2.95. The Hall–Kier alpha value is -1.09. The lowest BCUT2D eigenvalue weighted by Crippen LogP contribution is -2.74. The molecule has 0 aliphatic heterocycles. The van der Waals surface area contributed by atoms with Crippen molar-refractivity contribution in [1.82, 2.24) is 4.98 Å². The average Bonchev–Trinajstić information content (AvgIpc) is 2.58. The van der Waals surface area contributed by atoms with Crippen LogP contribution in [0.4, 0.5) is 74.6 Å². The molecule has 0 fully saturated rings. The molecule has 0 aromatic carbocycles. The van der Waals surface area contributed by atoms with Crippen molar-refractivity contribution in [2.24, 2.45) is 10.8 Å². The molecular formula is C12H14F17N3Si. The molecule has 0 amide bonds. The van der Waals surface area contributed by atoms with E-state index in [9.17, 15) is 74.6 Å². The maximum Gasteiger partial charge on any atom is 0.460 e. The number of rotatable bonds is 11. The SMILES string of the molecule is CCN[Si](N)(N)CCC(F)(F)C(F)(F)C(F)(F)C(F)(F)C(F)(F)C(F)(F)C(F)(F)C(F)(F)F. The highest BCUT2D eigenvalue weighted by Crippen LogP contribution is 2.64. The summed E-state index contributed by atoms with van der Waals surface area (Å²) in [6.07, 6.45) is -10.4. The number of halogens is 17. The van der Waals surface area contributed by atoms with Crippen molar-refractivity contribution in [3.63, 3.8) is 0 Å². The van der Waals surface area contributed by atoms with Crippen LogP contribution in [0.5, 0.6) is 0 Å². The van der Waals surface area contributed by atoms with E-state index in [1.807, 2.05) is 0 Å². The van der Waals surface area contributed by atoms with E-state index in [4.69, 9.17) is 10.8 Å². The summed E-state index contributed by atoms with van der Waals surface area (Å²) in [7, 11) is -4.10. The fraction of sp³-hybridized carbons (Fsp3) is 1.00. The van der Waals surface area contributed by atoms with E-state index in [0.29, 0.717) is 0 Å². The Kier molecular flexibility index (Phi) is 8.25. The highest BCUT2D eigenvalue weighted by atomic mass is 28.4. The Balaban J connectivity index is 6.48. The highest BCUT2D eigenvalue weighted by molar-refractivity contribution is 6.71. The van der Waals surface area contributed by atoms with Crippen molar-refractivity contribution in [1.29, 1.82) is 0 Å². The van der Waals surface area contributed by atoms with Crippen LogP contribution in [0.2, 0.25) is 6.04 Å². The molecule has 0 saturated carbocycles. The molecule has 0 aliphatic carbocycles. The molecule has 0 saturated heterocycles. The summed E-state index contributed by atoms with van der Waals surface area (Å²) in [5.74, 6) is -56.4. The van der Waals surface area contributed by atoms with Gasteiger partial charge < -0.3 is 15.8 Å². The van der Waals surface area contributed by atoms with Crippen molar-refractivity contribution in [3.8, 4) is 0 Å². The zero-order valence-corrected chi connectivity index (χ0v) is 16.7. The Morgan fingerprint density at radius 3 is 1.15 bits per heavy atom. The summed E-state index contributed by atoms with van der Waals surface area (Å²) in [5, 5.41) is 10.3. The number of hydrogen-bond acceptors (Lipinski definition) is 3. The van der Waals surface area contributed by atoms with Gasteiger partial charge in [-0.3, -0.25) is 0 Å². The van der Waals surface area contributed by atoms with Crippen LogP contribution in [0.15, 0.2) is 0 Å². The van der Waals surface area contributed by atoms with Gasteiger partial charge >= 0.3 is 47.6 Å². The predicted molar refractivity (Wildman–Crippen MR) is 77.9 cm³/mol. The van der Waals surface area contributed by atoms with Crippen molar-refractivity contribution < 1.29 is 74.6 Å². The second kappa shape index (κ2) is 8.54. The summed E-state index contributed by atoms with van der Waals surface area (Å²) in [6, 6.07) is -1.52. The Morgan fingerprint density at radius 2 is 0.848 bits per heavy atom. The minimum Gasteiger partial charge on any atom is -0.327 e. The fourth-order valence-electron chi connectivity index (χ4n) is 2.13. The summed E-state index contributed by atoms with van der Waals surface area (Å²) in [4.78, 5) is 2.06. The van der Waals surface area contributed by atoms with Crippen molar-refractivity contribution in [2.45, 2.75) is 67.0 Å². The van der Waals surface area contributed by atoms with Gasteiger partial charge in [0.15, 0.2) is 0 Å². The molecule has 3 nitrogen and oxygen atoms in total. The molecule has 0 radical (unpaired) electrons. The zero-order valence-electron chi connectivity index (χ0n) is 15.7. The summed E-state index contributed by atoms with van der Waals surface area (Å²) < 4.78 is 223. The van der Waals surface area contributed by atoms with E-state index >= 15 is 0 Å². The van der Waals surface area contributed by atoms with Crippen LogP contribution in [-0.4, -0.2) is 62.7 Å². The zero-order chi connectivity index (χ0) is 27.3. The molecule has 33 heavy (non-hydrogen) atoms. The molecule has 0 rings (SSSR count). The van der Waals surface area contributed by atoms with Gasteiger partial charge in [0.25, 0.3) is 8.56 Å². The van der Waals surface area contributed by atoms with Crippen LogP contribution >= 0.6 is 0 Å². The molecule has 0 heterocycles. The first-order chi connectivity index (χ1) is 14.0. The molecule has 0 bridgehead atoms. The number of hydrogen-bond donors (Lipinski definition) is 3. The number of nitrogens with two attached hydrogens (primary N) is 2. The van der Waals surface area contributed by atoms with Gasteiger partial charge in [-0.1, -0.05) is 6.92 Å². The molecule has 0 aromatic heterocycles. The maximum absolute atomic E-state index is 13.7. The Bertz CT molecular complexity index is 687. The van der Waals surface area contributed by atoms with Gasteiger partial charge in [0.05, 0.1) is 0 Å². The molecule has 0 unspecified atom stereocenters. The van der Waals surface area contributed by atoms with E-state index < -0.39 is 68.7 Å². The third kappa shape index (κ3) is 4.86. The predicted octanol–water partition coefficient (Wildman–Crippen LogP) is 4.85. The van der Waals surface area contributed by atoms with Gasteiger partial charge in [-0.2, -0.15) is 74.6 Å². The number of nitrogens with one attached hydrogen (secondary N) is 1. The quantitative estimate of drug-likeness (QED) is 0.254. The topological polar surface area (TPSA) is 64.1 Å². The lowest BCUT2D eigenvalue weighted by atomic mass is 9.88. The lowest BCUT2D eigenvalue weighted by Gasteiger charge is -2.43. The van der Waals surface area contributed by atoms with E-state index in [0.717, 1.165) is 0 Å². The van der Waals surface area contributed by atoms with Crippen LogP contribution in [-0.2, 0) is 0 Å². The van der Waals surface area contributed by atoms with Crippen LogP contribution in [0.3, 0.4) is 0 Å². The molecule has 0 aliphatic rings. The van der Waals surface area contributed by atoms with Gasteiger partial charge in [0.2, 0.25) is 0 Å². The normalized spacial score (nSPS) is 16.4. The van der Waals surface area contributed by atoms with Gasteiger partial charge in [-0.25, -0.2) is 0 Å². The third-order valence-corrected chi connectivity index (χ3v) is 6.23. The molecule has 5 N–H and O–H groups in total. The molecule has 0 spiro atoms. The smallest absolute Gasteiger partial charge is 0.327 e. The standard InChI is InChI=1S/C12H14F17N3Si/c1-2-32-33(30,31)4-3-5(13,14)6(15,16)7(17,18)8(19,20)9(21,22)10(23,24)11(25,26)12(27,28)29/h32H,2-4,30-31H2,1H3. The van der Waals surface area contributed by atoms with E-state index in [1.165, 1.54) is 6.92 Å². The number of alkyl halides is 17. The fourth-order valence-corrected chi connectivity index (χ4v) is 3.70. The van der Waals surface area contributed by atoms with Crippen LogP contribution in [0.1, 0.15) is 13.3 Å². The maximum atomic E-state index is 13.7. The lowest BCUT2D eigenvalue weighted by molar-refractivity contribution is -0.461. The summed E-state index contributed by atoms with van der Waals surface area (Å²) in [6.45, 7) is 1.03. The van der Waals surface area contributed by atoms with Crippen molar-refractivity contribution >= 4 is 8.56 Å². The van der Waals surface area contributed by atoms with E-state index in [-0.39, 0.29) is 6.54 Å². The summed E-state index contributed by atoms with van der Waals surface area (Å²) in [5.41, 5.74) is 0. The second-order valence-electron chi connectivity index (χ2n) is 6.72. The molecule has 0 aromatic rings. The van der Waals surface area contributed by atoms with Gasteiger partial charge in [0.1, 0.15) is 0 Å². The first-order valence-corrected chi connectivity index (χ1v) is 10.4. The third-order valence-electron chi connectivity index (χ3n) is 4.15. The Morgan fingerprint density at radius 1 is 0.545 bits per heavy atom.